The summed E-state index contributed by atoms with van der Waals surface area (Å²) < 4.78 is 10.4. The molecule has 3 rings (SSSR count). The summed E-state index contributed by atoms with van der Waals surface area (Å²) in [6, 6.07) is 6.81. The summed E-state index contributed by atoms with van der Waals surface area (Å²) in [5.74, 6) is 0.465. The van der Waals surface area contributed by atoms with E-state index >= 15 is 0 Å². The van der Waals surface area contributed by atoms with Gasteiger partial charge in [0.05, 0.1) is 26.0 Å². The third-order valence-corrected chi connectivity index (χ3v) is 3.87. The highest BCUT2D eigenvalue weighted by Crippen LogP contribution is 2.16. The average molecular weight is 317 g/mol. The number of benzene rings is 1. The maximum atomic E-state index is 12.6. The summed E-state index contributed by atoms with van der Waals surface area (Å²) in [4.78, 5) is 31.8. The second-order valence-electron chi connectivity index (χ2n) is 5.38. The molecule has 7 nitrogen and oxygen atoms in total. The molecule has 0 saturated carbocycles. The number of hydrogen-bond donors (Lipinski definition) is 2. The summed E-state index contributed by atoms with van der Waals surface area (Å²) in [6.45, 7) is 3.40. The van der Waals surface area contributed by atoms with Crippen LogP contribution in [0.2, 0.25) is 0 Å². The van der Waals surface area contributed by atoms with E-state index in [0.717, 1.165) is 13.1 Å². The van der Waals surface area contributed by atoms with Crippen LogP contribution >= 0.6 is 0 Å². The molecule has 1 aliphatic rings. The first-order chi connectivity index (χ1) is 11.2. The van der Waals surface area contributed by atoms with Gasteiger partial charge in [0, 0.05) is 25.2 Å². The van der Waals surface area contributed by atoms with E-state index in [2.05, 4.69) is 14.9 Å². The van der Waals surface area contributed by atoms with Gasteiger partial charge in [-0.2, -0.15) is 0 Å². The Morgan fingerprint density at radius 3 is 2.57 bits per heavy atom. The quantitative estimate of drug-likeness (QED) is 0.796. The number of nitrogens with one attached hydrogen (secondary N) is 2. The molecule has 2 N–H and O–H groups in total. The van der Waals surface area contributed by atoms with Crippen molar-refractivity contribution < 1.29 is 14.3 Å². The average Bonchev–Trinajstić information content (AvgIpc) is 2.95. The maximum absolute atomic E-state index is 12.6. The number of morpholine rings is 1. The van der Waals surface area contributed by atoms with Crippen LogP contribution in [0.1, 0.15) is 21.7 Å². The SMILES string of the molecule is COc1ccc(C(=O)c2[nH]c(=O)[nH]c2CN2CCOCC2)cc1. The molecule has 0 unspecified atom stereocenters. The number of ether oxygens (including phenoxy) is 2. The highest BCUT2D eigenvalue weighted by atomic mass is 16.5. The van der Waals surface area contributed by atoms with E-state index in [1.807, 2.05) is 0 Å². The number of H-pyrrole nitrogens is 2. The fraction of sp³-hybridized carbons (Fsp3) is 0.375. The Labute approximate surface area is 133 Å². The molecule has 0 aliphatic carbocycles. The number of ketones is 1. The second kappa shape index (κ2) is 6.80. The minimum Gasteiger partial charge on any atom is -0.497 e. The number of hydrogen-bond acceptors (Lipinski definition) is 5. The van der Waals surface area contributed by atoms with Gasteiger partial charge < -0.3 is 19.4 Å². The lowest BCUT2D eigenvalue weighted by atomic mass is 10.1. The number of imidazole rings is 1. The fourth-order valence-electron chi connectivity index (χ4n) is 2.60. The molecule has 1 aliphatic heterocycles. The Morgan fingerprint density at radius 1 is 1.22 bits per heavy atom. The first kappa shape index (κ1) is 15.5. The highest BCUT2D eigenvalue weighted by molar-refractivity contribution is 6.08. The molecule has 1 aromatic carbocycles. The van der Waals surface area contributed by atoms with E-state index in [1.165, 1.54) is 0 Å². The van der Waals surface area contributed by atoms with Crippen LogP contribution in [0, 0.1) is 0 Å². The minimum atomic E-state index is -0.370. The molecule has 23 heavy (non-hydrogen) atoms. The van der Waals surface area contributed by atoms with Gasteiger partial charge in [0.2, 0.25) is 5.78 Å². The maximum Gasteiger partial charge on any atom is 0.323 e. The van der Waals surface area contributed by atoms with Gasteiger partial charge in [-0.15, -0.1) is 0 Å². The summed E-state index contributed by atoms with van der Waals surface area (Å²) in [5, 5.41) is 0. The van der Waals surface area contributed by atoms with Crippen LogP contribution in [-0.4, -0.2) is 54.1 Å². The monoisotopic (exact) mass is 317 g/mol. The molecule has 0 bridgehead atoms. The van der Waals surface area contributed by atoms with Gasteiger partial charge in [-0.05, 0) is 24.3 Å². The van der Waals surface area contributed by atoms with Crippen LogP contribution in [0.3, 0.4) is 0 Å². The second-order valence-corrected chi connectivity index (χ2v) is 5.38. The third-order valence-electron chi connectivity index (χ3n) is 3.87. The van der Waals surface area contributed by atoms with E-state index in [0.29, 0.717) is 42.5 Å². The molecule has 0 spiro atoms. The normalized spacial score (nSPS) is 15.5. The Balaban J connectivity index is 1.83. The summed E-state index contributed by atoms with van der Waals surface area (Å²) in [7, 11) is 1.57. The zero-order chi connectivity index (χ0) is 16.2. The molecule has 1 aromatic heterocycles. The van der Waals surface area contributed by atoms with Crippen LogP contribution in [0.4, 0.5) is 0 Å². The van der Waals surface area contributed by atoms with Crippen molar-refractivity contribution in [2.45, 2.75) is 6.54 Å². The van der Waals surface area contributed by atoms with E-state index in [4.69, 9.17) is 9.47 Å². The molecule has 0 amide bonds. The summed E-state index contributed by atoms with van der Waals surface area (Å²) in [6.07, 6.45) is 0. The van der Waals surface area contributed by atoms with Crippen molar-refractivity contribution in [3.8, 4) is 5.75 Å². The standard InChI is InChI=1S/C16H19N3O4/c1-22-12-4-2-11(3-5-12)15(20)14-13(17-16(21)18-14)10-19-6-8-23-9-7-19/h2-5H,6-10H2,1H3,(H2,17,18,21). The van der Waals surface area contributed by atoms with Crippen LogP contribution in [0.5, 0.6) is 5.75 Å². The molecule has 7 heteroatoms. The van der Waals surface area contributed by atoms with Crippen molar-refractivity contribution in [3.63, 3.8) is 0 Å². The van der Waals surface area contributed by atoms with Crippen molar-refractivity contribution >= 4 is 5.78 Å². The van der Waals surface area contributed by atoms with Gasteiger partial charge in [0.25, 0.3) is 0 Å². The first-order valence-electron chi connectivity index (χ1n) is 7.47. The molecular weight excluding hydrogens is 298 g/mol. The van der Waals surface area contributed by atoms with Crippen LogP contribution in [-0.2, 0) is 11.3 Å². The van der Waals surface area contributed by atoms with E-state index in [-0.39, 0.29) is 11.5 Å². The minimum absolute atomic E-state index is 0.214. The van der Waals surface area contributed by atoms with Crippen molar-refractivity contribution in [2.75, 3.05) is 33.4 Å². The summed E-state index contributed by atoms with van der Waals surface area (Å²) in [5.41, 5.74) is 1.05. The van der Waals surface area contributed by atoms with Crippen molar-refractivity contribution in [1.82, 2.24) is 14.9 Å². The number of rotatable bonds is 5. The lowest BCUT2D eigenvalue weighted by Gasteiger charge is -2.26. The highest BCUT2D eigenvalue weighted by Gasteiger charge is 2.20. The van der Waals surface area contributed by atoms with Gasteiger partial charge in [-0.25, -0.2) is 4.79 Å². The largest absolute Gasteiger partial charge is 0.497 e. The molecule has 0 radical (unpaired) electrons. The molecular formula is C16H19N3O4. The molecule has 2 aromatic rings. The van der Waals surface area contributed by atoms with Crippen molar-refractivity contribution in [3.05, 3.63) is 51.7 Å². The van der Waals surface area contributed by atoms with Crippen LogP contribution in [0.15, 0.2) is 29.1 Å². The van der Waals surface area contributed by atoms with Crippen molar-refractivity contribution in [1.29, 1.82) is 0 Å². The van der Waals surface area contributed by atoms with E-state index in [1.54, 1.807) is 31.4 Å². The van der Waals surface area contributed by atoms with Gasteiger partial charge in [0.15, 0.2) is 0 Å². The Kier molecular flexibility index (Phi) is 4.59. The Morgan fingerprint density at radius 2 is 1.91 bits per heavy atom. The number of carbonyl (C=O) groups excluding carboxylic acids is 1. The van der Waals surface area contributed by atoms with E-state index < -0.39 is 0 Å². The molecule has 122 valence electrons. The van der Waals surface area contributed by atoms with Crippen LogP contribution < -0.4 is 10.4 Å². The van der Waals surface area contributed by atoms with Crippen molar-refractivity contribution in [2.24, 2.45) is 0 Å². The fourth-order valence-corrected chi connectivity index (χ4v) is 2.60. The number of methoxy groups -OCH3 is 1. The Bertz CT molecular complexity index is 727. The van der Waals surface area contributed by atoms with Gasteiger partial charge in [-0.3, -0.25) is 9.69 Å². The molecule has 0 atom stereocenters. The first-order valence-corrected chi connectivity index (χ1v) is 7.47. The number of aromatic amines is 2. The molecule has 1 fully saturated rings. The predicted octanol–water partition coefficient (Wildman–Crippen LogP) is 0.775. The molecule has 2 heterocycles. The zero-order valence-electron chi connectivity index (χ0n) is 12.9. The number of nitrogens with zero attached hydrogens (tertiary/aromatic N) is 1. The van der Waals surface area contributed by atoms with Gasteiger partial charge in [-0.1, -0.05) is 0 Å². The third kappa shape index (κ3) is 3.52. The zero-order valence-corrected chi connectivity index (χ0v) is 12.9. The topological polar surface area (TPSA) is 87.4 Å². The number of carbonyl (C=O) groups is 1. The van der Waals surface area contributed by atoms with Gasteiger partial charge in [0.1, 0.15) is 11.4 Å². The summed E-state index contributed by atoms with van der Waals surface area (Å²) >= 11 is 0. The predicted molar refractivity (Wildman–Crippen MR) is 83.9 cm³/mol. The lowest BCUT2D eigenvalue weighted by Crippen LogP contribution is -2.36. The lowest BCUT2D eigenvalue weighted by molar-refractivity contribution is 0.0336. The van der Waals surface area contributed by atoms with Gasteiger partial charge >= 0.3 is 5.69 Å². The molecule has 1 saturated heterocycles. The number of aromatic nitrogens is 2. The van der Waals surface area contributed by atoms with Crippen LogP contribution in [0.25, 0.3) is 0 Å². The Hall–Kier alpha value is -2.38. The smallest absolute Gasteiger partial charge is 0.323 e. The van der Waals surface area contributed by atoms with E-state index in [9.17, 15) is 9.59 Å².